The van der Waals surface area contributed by atoms with Crippen molar-refractivity contribution in [3.05, 3.63) is 167 Å². The molecule has 7 aromatic rings. The molecule has 2 aliphatic carbocycles. The lowest BCUT2D eigenvalue weighted by molar-refractivity contribution is 0.443. The van der Waals surface area contributed by atoms with E-state index >= 15 is 0 Å². The van der Waals surface area contributed by atoms with E-state index in [1.165, 1.54) is 153 Å². The van der Waals surface area contributed by atoms with Crippen LogP contribution in [0, 0.1) is 0 Å². The van der Waals surface area contributed by atoms with Crippen molar-refractivity contribution in [1.82, 2.24) is 0 Å². The Kier molecular flexibility index (Phi) is 15.0. The Bertz CT molecular complexity index is 2620. The molecule has 0 amide bonds. The fraction of sp³-hybridized carbons (Fsp3) is 0.441. The third-order valence-electron chi connectivity index (χ3n) is 16.9. The van der Waals surface area contributed by atoms with Crippen molar-refractivity contribution in [1.29, 1.82) is 0 Å². The van der Waals surface area contributed by atoms with Crippen LogP contribution in [0.15, 0.2) is 133 Å². The highest BCUT2D eigenvalue weighted by atomic mass is 15.2. The molecule has 0 aromatic heterocycles. The van der Waals surface area contributed by atoms with Crippen molar-refractivity contribution < 1.29 is 0 Å². The first kappa shape index (κ1) is 49.6. The normalized spacial score (nSPS) is 15.4. The second-order valence-corrected chi connectivity index (χ2v) is 23.5. The first-order chi connectivity index (χ1) is 33.8. The number of anilines is 6. The molecule has 2 aliphatic rings. The standard InChI is InChI=1S/C68H84N2/c1-11-47(12-2)51-25-35-57(36-26-51)69(59-39-29-53(30-40-59)49-21-17-15-18-22-49)65-61-43-33-56(68(8,9)10)46-64(61)66(62-44-34-55(45-63(62)65)67(5,6)7)70(58-37-27-52(28-38-58)48(13-3)14-4)60-41-31-54(32-42-60)50-23-19-16-20-24-50/h25-50H,11-24H2,1-10H3. The molecule has 366 valence electrons. The lowest BCUT2D eigenvalue weighted by Crippen LogP contribution is -2.17. The summed E-state index contributed by atoms with van der Waals surface area (Å²) in [5, 5.41) is 5.08. The molecule has 9 rings (SSSR count). The van der Waals surface area contributed by atoms with Crippen LogP contribution in [0.4, 0.5) is 34.1 Å². The van der Waals surface area contributed by atoms with E-state index in [1.807, 2.05) is 0 Å². The van der Waals surface area contributed by atoms with Crippen LogP contribution in [0.5, 0.6) is 0 Å². The summed E-state index contributed by atoms with van der Waals surface area (Å²) in [6, 6.07) is 53.7. The summed E-state index contributed by atoms with van der Waals surface area (Å²) in [6.45, 7) is 23.5. The number of benzene rings is 7. The molecule has 0 aliphatic heterocycles. The molecule has 2 saturated carbocycles. The highest BCUT2D eigenvalue weighted by Crippen LogP contribution is 2.53. The molecule has 0 heterocycles. The Morgan fingerprint density at radius 3 is 0.957 bits per heavy atom. The van der Waals surface area contributed by atoms with Gasteiger partial charge in [-0.15, -0.1) is 0 Å². The van der Waals surface area contributed by atoms with Gasteiger partial charge in [0.15, 0.2) is 0 Å². The average molecular weight is 929 g/mol. The molecular formula is C68H84N2. The number of fused-ring (bicyclic) bond motifs is 2. The Morgan fingerprint density at radius 1 is 0.371 bits per heavy atom. The van der Waals surface area contributed by atoms with Gasteiger partial charge in [-0.3, -0.25) is 0 Å². The Labute approximate surface area is 423 Å². The number of rotatable bonds is 14. The zero-order chi connectivity index (χ0) is 49.2. The van der Waals surface area contributed by atoms with Gasteiger partial charge in [-0.1, -0.05) is 181 Å². The maximum Gasteiger partial charge on any atom is 0.0620 e. The molecule has 7 aromatic carbocycles. The van der Waals surface area contributed by atoms with E-state index in [2.05, 4.69) is 212 Å². The van der Waals surface area contributed by atoms with Crippen LogP contribution >= 0.6 is 0 Å². The SMILES string of the molecule is CCC(CC)c1ccc(N(c2ccc(C3CCCCC3)cc2)c2c3ccc(C(C)(C)C)cc3c(N(c3ccc(C(CC)CC)cc3)c3ccc(C4CCCCC4)cc3)c3ccc(C(C)(C)C)cc23)cc1. The van der Waals surface area contributed by atoms with Crippen molar-refractivity contribution in [3.8, 4) is 0 Å². The van der Waals surface area contributed by atoms with E-state index in [0.29, 0.717) is 23.7 Å². The molecule has 2 fully saturated rings. The van der Waals surface area contributed by atoms with Crippen molar-refractivity contribution in [3.63, 3.8) is 0 Å². The monoisotopic (exact) mass is 929 g/mol. The second kappa shape index (κ2) is 21.2. The number of hydrogen-bond acceptors (Lipinski definition) is 2. The Morgan fingerprint density at radius 2 is 0.671 bits per heavy atom. The average Bonchev–Trinajstić information content (AvgIpc) is 3.38. The lowest BCUT2D eigenvalue weighted by Gasteiger charge is -2.34. The van der Waals surface area contributed by atoms with Crippen LogP contribution in [0.2, 0.25) is 0 Å². The summed E-state index contributed by atoms with van der Waals surface area (Å²) < 4.78 is 0. The Balaban J connectivity index is 1.37. The van der Waals surface area contributed by atoms with Gasteiger partial charge >= 0.3 is 0 Å². The van der Waals surface area contributed by atoms with Gasteiger partial charge in [-0.05, 0) is 180 Å². The molecular weight excluding hydrogens is 845 g/mol. The summed E-state index contributed by atoms with van der Waals surface area (Å²) in [5.74, 6) is 2.39. The largest absolute Gasteiger partial charge is 0.309 e. The molecule has 0 atom stereocenters. The Hall–Kier alpha value is -5.34. The smallest absolute Gasteiger partial charge is 0.0620 e. The molecule has 0 N–H and O–H groups in total. The minimum Gasteiger partial charge on any atom is -0.309 e. The minimum atomic E-state index is -0.0559. The van der Waals surface area contributed by atoms with Gasteiger partial charge in [0.25, 0.3) is 0 Å². The van der Waals surface area contributed by atoms with E-state index in [0.717, 1.165) is 25.7 Å². The van der Waals surface area contributed by atoms with E-state index in [4.69, 9.17) is 0 Å². The van der Waals surface area contributed by atoms with Crippen molar-refractivity contribution in [2.75, 3.05) is 9.80 Å². The second-order valence-electron chi connectivity index (χ2n) is 23.5. The fourth-order valence-corrected chi connectivity index (χ4v) is 12.4. The van der Waals surface area contributed by atoms with Gasteiger partial charge in [0.05, 0.1) is 11.4 Å². The predicted octanol–water partition coefficient (Wildman–Crippen LogP) is 21.4. The van der Waals surface area contributed by atoms with E-state index in [-0.39, 0.29) is 10.8 Å². The van der Waals surface area contributed by atoms with Crippen LogP contribution in [0.3, 0.4) is 0 Å². The minimum absolute atomic E-state index is 0.0559. The summed E-state index contributed by atoms with van der Waals surface area (Å²) in [4.78, 5) is 5.24. The van der Waals surface area contributed by atoms with Crippen LogP contribution in [-0.2, 0) is 10.8 Å². The van der Waals surface area contributed by atoms with Gasteiger partial charge in [0, 0.05) is 44.3 Å². The zero-order valence-corrected chi connectivity index (χ0v) is 44.8. The lowest BCUT2D eigenvalue weighted by atomic mass is 9.82. The quantitative estimate of drug-likeness (QED) is 0.0792. The molecule has 0 unspecified atom stereocenters. The van der Waals surface area contributed by atoms with Crippen LogP contribution < -0.4 is 9.80 Å². The molecule has 0 spiro atoms. The molecule has 0 saturated heterocycles. The first-order valence-electron chi connectivity index (χ1n) is 27.9. The van der Waals surface area contributed by atoms with E-state index in [1.54, 1.807) is 0 Å². The molecule has 2 nitrogen and oxygen atoms in total. The summed E-state index contributed by atoms with van der Waals surface area (Å²) in [6.07, 6.45) is 17.8. The number of hydrogen-bond donors (Lipinski definition) is 0. The maximum absolute atomic E-state index is 2.62. The topological polar surface area (TPSA) is 6.48 Å². The number of nitrogens with zero attached hydrogens (tertiary/aromatic N) is 2. The molecule has 0 radical (unpaired) electrons. The van der Waals surface area contributed by atoms with Crippen molar-refractivity contribution in [2.45, 2.75) is 194 Å². The molecule has 0 bridgehead atoms. The molecule has 70 heavy (non-hydrogen) atoms. The van der Waals surface area contributed by atoms with Gasteiger partial charge in [0.2, 0.25) is 0 Å². The zero-order valence-electron chi connectivity index (χ0n) is 44.8. The summed E-state index contributed by atoms with van der Waals surface area (Å²) in [7, 11) is 0. The van der Waals surface area contributed by atoms with Crippen LogP contribution in [0.1, 0.15) is 216 Å². The van der Waals surface area contributed by atoms with Crippen LogP contribution in [0.25, 0.3) is 21.5 Å². The fourth-order valence-electron chi connectivity index (χ4n) is 12.4. The molecule has 2 heteroatoms. The first-order valence-corrected chi connectivity index (χ1v) is 27.9. The van der Waals surface area contributed by atoms with E-state index < -0.39 is 0 Å². The third-order valence-corrected chi connectivity index (χ3v) is 16.9. The third kappa shape index (κ3) is 10.2. The van der Waals surface area contributed by atoms with Gasteiger partial charge in [-0.25, -0.2) is 0 Å². The highest BCUT2D eigenvalue weighted by molar-refractivity contribution is 6.23. The van der Waals surface area contributed by atoms with Crippen molar-refractivity contribution in [2.24, 2.45) is 0 Å². The van der Waals surface area contributed by atoms with Gasteiger partial charge in [-0.2, -0.15) is 0 Å². The highest BCUT2D eigenvalue weighted by Gasteiger charge is 2.29. The summed E-state index contributed by atoms with van der Waals surface area (Å²) in [5.41, 5.74) is 15.7. The van der Waals surface area contributed by atoms with Gasteiger partial charge < -0.3 is 9.80 Å². The predicted molar refractivity (Wildman–Crippen MR) is 307 cm³/mol. The van der Waals surface area contributed by atoms with E-state index in [9.17, 15) is 0 Å². The van der Waals surface area contributed by atoms with Crippen molar-refractivity contribution >= 4 is 55.7 Å². The maximum atomic E-state index is 2.62. The van der Waals surface area contributed by atoms with Crippen LogP contribution in [-0.4, -0.2) is 0 Å². The summed E-state index contributed by atoms with van der Waals surface area (Å²) >= 11 is 0. The van der Waals surface area contributed by atoms with Gasteiger partial charge in [0.1, 0.15) is 0 Å².